The van der Waals surface area contributed by atoms with Gasteiger partial charge >= 0.3 is 0 Å². The number of rotatable bonds is 1. The minimum Gasteiger partial charge on any atom is -0.460 e. The Morgan fingerprint density at radius 3 is 3.00 bits per heavy atom. The maximum absolute atomic E-state index is 4.78. The molecule has 1 radical (unpaired) electrons. The van der Waals surface area contributed by atoms with Gasteiger partial charge in [0, 0.05) is 12.4 Å². The van der Waals surface area contributed by atoms with E-state index in [-0.39, 0.29) is 0 Å². The molecule has 2 heterocycles. The van der Waals surface area contributed by atoms with Crippen LogP contribution in [0.15, 0.2) is 35.3 Å². The van der Waals surface area contributed by atoms with Gasteiger partial charge in [0.2, 0.25) is 0 Å². The van der Waals surface area contributed by atoms with Gasteiger partial charge in [-0.3, -0.25) is 9.97 Å². The summed E-state index contributed by atoms with van der Waals surface area (Å²) in [6.45, 7) is 0. The van der Waals surface area contributed by atoms with Crippen molar-refractivity contribution in [1.29, 1.82) is 0 Å². The molecule has 0 N–H and O–H groups in total. The molecule has 0 aromatic carbocycles. The lowest BCUT2D eigenvalue weighted by Gasteiger charge is -1.90. The highest BCUT2D eigenvalue weighted by Gasteiger charge is 1.98. The van der Waals surface area contributed by atoms with Gasteiger partial charge in [-0.25, -0.2) is 0 Å². The summed E-state index contributed by atoms with van der Waals surface area (Å²) >= 11 is 0. The predicted octanol–water partition coefficient (Wildman–Crippen LogP) is 1.54. The van der Waals surface area contributed by atoms with Crippen molar-refractivity contribution in [2.75, 3.05) is 0 Å². The maximum Gasteiger partial charge on any atom is 0.179 e. The van der Waals surface area contributed by atoms with E-state index in [2.05, 4.69) is 16.2 Å². The van der Waals surface area contributed by atoms with Crippen LogP contribution in [0.5, 0.6) is 0 Å². The van der Waals surface area contributed by atoms with Crippen molar-refractivity contribution < 1.29 is 4.42 Å². The number of hydrogen-bond donors (Lipinski definition) is 0. The first-order chi connectivity index (χ1) is 5.47. The summed E-state index contributed by atoms with van der Waals surface area (Å²) in [5, 5.41) is 0. The minimum atomic E-state index is 0.779. The molecule has 0 bridgehead atoms. The van der Waals surface area contributed by atoms with Gasteiger partial charge in [-0.15, -0.1) is 0 Å². The van der Waals surface area contributed by atoms with Gasteiger partial charge < -0.3 is 4.42 Å². The molecule has 0 amide bonds. The summed E-state index contributed by atoms with van der Waals surface area (Å²) < 4.78 is 4.78. The van der Waals surface area contributed by atoms with E-state index in [4.69, 9.17) is 4.42 Å². The molecule has 0 unspecified atom stereocenters. The largest absolute Gasteiger partial charge is 0.460 e. The average Bonchev–Trinajstić information content (AvgIpc) is 2.58. The summed E-state index contributed by atoms with van der Waals surface area (Å²) in [7, 11) is 0. The molecular weight excluding hydrogens is 140 g/mol. The first-order valence-electron chi connectivity index (χ1n) is 3.18. The van der Waals surface area contributed by atoms with Crippen molar-refractivity contribution >= 4 is 0 Å². The Kier molecular flexibility index (Phi) is 1.41. The molecule has 2 rings (SSSR count). The SMILES string of the molecule is [c]1occc1-c1cnccn1. The second-order valence-corrected chi connectivity index (χ2v) is 2.03. The summed E-state index contributed by atoms with van der Waals surface area (Å²) in [5.41, 5.74) is 1.61. The molecule has 0 fully saturated rings. The van der Waals surface area contributed by atoms with Crippen LogP contribution in [-0.2, 0) is 0 Å². The van der Waals surface area contributed by atoms with E-state index in [9.17, 15) is 0 Å². The van der Waals surface area contributed by atoms with Crippen molar-refractivity contribution in [2.24, 2.45) is 0 Å². The molecule has 11 heavy (non-hydrogen) atoms. The first-order valence-corrected chi connectivity index (χ1v) is 3.18. The fourth-order valence-electron chi connectivity index (χ4n) is 0.809. The van der Waals surface area contributed by atoms with Gasteiger partial charge in [0.05, 0.1) is 23.7 Å². The first kappa shape index (κ1) is 6.09. The molecule has 0 aliphatic carbocycles. The number of hydrogen-bond acceptors (Lipinski definition) is 3. The van der Waals surface area contributed by atoms with Crippen molar-refractivity contribution in [3.8, 4) is 11.3 Å². The van der Waals surface area contributed by atoms with Crippen molar-refractivity contribution in [1.82, 2.24) is 9.97 Å². The van der Waals surface area contributed by atoms with Crippen LogP contribution in [0.2, 0.25) is 0 Å². The maximum atomic E-state index is 4.78. The molecular formula is C8H5N2O. The molecule has 0 spiro atoms. The Morgan fingerprint density at radius 1 is 1.36 bits per heavy atom. The standard InChI is InChI=1S/C8H5N2O/c1-4-11-6-7(1)8-5-9-2-3-10-8/h1-5H. The number of furan rings is 1. The summed E-state index contributed by atoms with van der Waals surface area (Å²) in [6.07, 6.45) is 9.17. The summed E-state index contributed by atoms with van der Waals surface area (Å²) in [6, 6.07) is 1.80. The van der Waals surface area contributed by atoms with Crippen LogP contribution in [0.3, 0.4) is 0 Å². The Balaban J connectivity index is 2.46. The summed E-state index contributed by atoms with van der Waals surface area (Å²) in [4.78, 5) is 7.98. The number of nitrogens with zero attached hydrogens (tertiary/aromatic N) is 2. The van der Waals surface area contributed by atoms with Gasteiger partial charge in [0.25, 0.3) is 0 Å². The predicted molar refractivity (Wildman–Crippen MR) is 38.6 cm³/mol. The van der Waals surface area contributed by atoms with Crippen LogP contribution in [0, 0.1) is 6.26 Å². The van der Waals surface area contributed by atoms with E-state index in [0.29, 0.717) is 0 Å². The molecule has 2 aromatic rings. The minimum absolute atomic E-state index is 0.779. The summed E-state index contributed by atoms with van der Waals surface area (Å²) in [5.74, 6) is 0. The normalized spacial score (nSPS) is 9.82. The van der Waals surface area contributed by atoms with Gasteiger partial charge in [0.15, 0.2) is 6.26 Å². The van der Waals surface area contributed by atoms with Crippen LogP contribution in [0.25, 0.3) is 11.3 Å². The third-order valence-corrected chi connectivity index (χ3v) is 1.31. The molecule has 53 valence electrons. The smallest absolute Gasteiger partial charge is 0.179 e. The second kappa shape index (κ2) is 2.54. The molecule has 2 aromatic heterocycles. The molecule has 3 nitrogen and oxygen atoms in total. The molecule has 0 aliphatic heterocycles. The number of aromatic nitrogens is 2. The lowest BCUT2D eigenvalue weighted by Crippen LogP contribution is -1.80. The highest BCUT2D eigenvalue weighted by Crippen LogP contribution is 2.13. The van der Waals surface area contributed by atoms with Gasteiger partial charge in [0.1, 0.15) is 0 Å². The van der Waals surface area contributed by atoms with Gasteiger partial charge in [-0.1, -0.05) is 0 Å². The van der Waals surface area contributed by atoms with E-state index in [1.54, 1.807) is 30.9 Å². The molecule has 0 atom stereocenters. The zero-order valence-corrected chi connectivity index (χ0v) is 5.69. The van der Waals surface area contributed by atoms with Gasteiger partial charge in [-0.05, 0) is 6.07 Å². The highest BCUT2D eigenvalue weighted by atomic mass is 16.3. The van der Waals surface area contributed by atoms with E-state index < -0.39 is 0 Å². The van der Waals surface area contributed by atoms with Crippen LogP contribution >= 0.6 is 0 Å². The zero-order valence-electron chi connectivity index (χ0n) is 5.69. The van der Waals surface area contributed by atoms with Gasteiger partial charge in [-0.2, -0.15) is 0 Å². The van der Waals surface area contributed by atoms with Crippen molar-refractivity contribution in [3.63, 3.8) is 0 Å². The quantitative estimate of drug-likeness (QED) is 0.610. The molecule has 3 heteroatoms. The third kappa shape index (κ3) is 1.12. The Bertz CT molecular complexity index is 315. The third-order valence-electron chi connectivity index (χ3n) is 1.31. The van der Waals surface area contributed by atoms with Crippen molar-refractivity contribution in [3.05, 3.63) is 37.2 Å². The molecule has 0 saturated carbocycles. The van der Waals surface area contributed by atoms with Crippen LogP contribution < -0.4 is 0 Å². The van der Waals surface area contributed by atoms with E-state index in [1.807, 2.05) is 0 Å². The topological polar surface area (TPSA) is 38.9 Å². The fourth-order valence-corrected chi connectivity index (χ4v) is 0.809. The second-order valence-electron chi connectivity index (χ2n) is 2.03. The molecule has 0 saturated heterocycles. The Labute approximate surface area is 63.7 Å². The van der Waals surface area contributed by atoms with E-state index in [0.717, 1.165) is 11.3 Å². The van der Waals surface area contributed by atoms with E-state index in [1.165, 1.54) is 0 Å². The van der Waals surface area contributed by atoms with E-state index >= 15 is 0 Å². The van der Waals surface area contributed by atoms with Crippen LogP contribution in [0.4, 0.5) is 0 Å². The van der Waals surface area contributed by atoms with Crippen molar-refractivity contribution in [2.45, 2.75) is 0 Å². The Morgan fingerprint density at radius 2 is 2.36 bits per heavy atom. The lowest BCUT2D eigenvalue weighted by atomic mass is 10.3. The molecule has 0 aliphatic rings. The van der Waals surface area contributed by atoms with Crippen LogP contribution in [0.1, 0.15) is 0 Å². The average molecular weight is 145 g/mol. The monoisotopic (exact) mass is 145 g/mol. The fraction of sp³-hybridized carbons (Fsp3) is 0. The van der Waals surface area contributed by atoms with Crippen LogP contribution in [-0.4, -0.2) is 9.97 Å². The Hall–Kier alpha value is -1.64. The highest BCUT2D eigenvalue weighted by molar-refractivity contribution is 5.54. The lowest BCUT2D eigenvalue weighted by molar-refractivity contribution is 0.559. The zero-order chi connectivity index (χ0) is 7.52.